The zero-order valence-corrected chi connectivity index (χ0v) is 15.3. The van der Waals surface area contributed by atoms with Crippen molar-refractivity contribution in [3.63, 3.8) is 0 Å². The van der Waals surface area contributed by atoms with Crippen molar-refractivity contribution in [2.24, 2.45) is 0 Å². The number of hydrogen-bond donors (Lipinski definition) is 0. The Balaban J connectivity index is 1.62. The molecule has 1 saturated heterocycles. The summed E-state index contributed by atoms with van der Waals surface area (Å²) in [7, 11) is 0. The van der Waals surface area contributed by atoms with Gasteiger partial charge in [0.25, 0.3) is 0 Å². The lowest BCUT2D eigenvalue weighted by atomic mass is 10.1. The largest absolute Gasteiger partial charge is 0.454 e. The number of hydrogen-bond acceptors (Lipinski definition) is 5. The van der Waals surface area contributed by atoms with E-state index in [1.165, 1.54) is 12.4 Å². The molecule has 0 radical (unpaired) electrons. The van der Waals surface area contributed by atoms with E-state index in [4.69, 9.17) is 25.8 Å². The lowest BCUT2D eigenvalue weighted by molar-refractivity contribution is -0.187. The van der Waals surface area contributed by atoms with Crippen LogP contribution in [0.25, 0.3) is 0 Å². The molecular weight excluding hydrogens is 373 g/mol. The summed E-state index contributed by atoms with van der Waals surface area (Å²) in [6, 6.07) is 11.3. The van der Waals surface area contributed by atoms with Gasteiger partial charge in [0.1, 0.15) is 24.9 Å². The molecule has 1 aromatic heterocycles. The quantitative estimate of drug-likeness (QED) is 0.656. The van der Waals surface area contributed by atoms with Gasteiger partial charge in [-0.05, 0) is 49.4 Å². The summed E-state index contributed by atoms with van der Waals surface area (Å²) in [5, 5.41) is 4.68. The van der Waals surface area contributed by atoms with Gasteiger partial charge in [0, 0.05) is 10.6 Å². The highest BCUT2D eigenvalue weighted by Crippen LogP contribution is 2.38. The van der Waals surface area contributed by atoms with Crippen molar-refractivity contribution in [2.75, 3.05) is 6.61 Å². The highest BCUT2D eigenvalue weighted by atomic mass is 35.5. The molecule has 2 unspecified atom stereocenters. The normalized spacial score (nSPS) is 22.1. The van der Waals surface area contributed by atoms with Crippen LogP contribution in [0.2, 0.25) is 5.02 Å². The molecule has 2 atom stereocenters. The summed E-state index contributed by atoms with van der Waals surface area (Å²) >= 11 is 5.86. The van der Waals surface area contributed by atoms with Gasteiger partial charge in [-0.2, -0.15) is 5.10 Å². The van der Waals surface area contributed by atoms with E-state index in [1.54, 1.807) is 47.4 Å². The van der Waals surface area contributed by atoms with E-state index in [2.05, 4.69) is 10.1 Å². The van der Waals surface area contributed by atoms with Crippen molar-refractivity contribution in [2.45, 2.75) is 25.4 Å². The summed E-state index contributed by atoms with van der Waals surface area (Å²) in [6.07, 6.45) is 2.86. The molecule has 0 bridgehead atoms. The molecule has 1 fully saturated rings. The summed E-state index contributed by atoms with van der Waals surface area (Å²) in [4.78, 5) is 3.93. The Hall–Kier alpha value is -2.48. The zero-order valence-electron chi connectivity index (χ0n) is 14.5. The molecule has 2 heterocycles. The van der Waals surface area contributed by atoms with Gasteiger partial charge in [-0.1, -0.05) is 11.6 Å². The third-order valence-electron chi connectivity index (χ3n) is 4.19. The summed E-state index contributed by atoms with van der Waals surface area (Å²) in [5.74, 6) is -1.06. The van der Waals surface area contributed by atoms with E-state index in [-0.39, 0.29) is 18.4 Å². The third kappa shape index (κ3) is 3.80. The van der Waals surface area contributed by atoms with E-state index >= 15 is 0 Å². The van der Waals surface area contributed by atoms with Crippen LogP contribution in [0.3, 0.4) is 0 Å². The van der Waals surface area contributed by atoms with Gasteiger partial charge in [-0.25, -0.2) is 14.1 Å². The number of ether oxygens (including phenoxy) is 3. The van der Waals surface area contributed by atoms with Crippen molar-refractivity contribution in [3.05, 3.63) is 71.5 Å². The van der Waals surface area contributed by atoms with Crippen LogP contribution in [-0.4, -0.2) is 27.5 Å². The summed E-state index contributed by atoms with van der Waals surface area (Å²) in [6.45, 7) is 2.56. The molecule has 1 aliphatic rings. The summed E-state index contributed by atoms with van der Waals surface area (Å²) in [5.41, 5.74) is 0.545. The van der Waals surface area contributed by atoms with Crippen LogP contribution < -0.4 is 4.74 Å². The maximum atomic E-state index is 14.7. The number of rotatable bonds is 5. The molecule has 0 amide bonds. The summed E-state index contributed by atoms with van der Waals surface area (Å²) < 4.78 is 33.8. The lowest BCUT2D eigenvalue weighted by Gasteiger charge is -2.28. The molecule has 27 heavy (non-hydrogen) atoms. The Labute approximate surface area is 160 Å². The molecule has 0 spiro atoms. The van der Waals surface area contributed by atoms with Crippen molar-refractivity contribution in [3.8, 4) is 11.5 Å². The molecule has 0 saturated carbocycles. The molecule has 6 nitrogen and oxygen atoms in total. The first-order valence-corrected chi connectivity index (χ1v) is 8.79. The molecular formula is C19H17ClFN3O3. The Kier molecular flexibility index (Phi) is 4.82. The number of aromatic nitrogens is 3. The fraction of sp³-hybridized carbons (Fsp3) is 0.263. The van der Waals surface area contributed by atoms with Gasteiger partial charge < -0.3 is 14.2 Å². The molecule has 140 valence electrons. The molecule has 3 aromatic rings. The first-order valence-electron chi connectivity index (χ1n) is 8.42. The maximum Gasteiger partial charge on any atom is 0.215 e. The minimum Gasteiger partial charge on any atom is -0.454 e. The van der Waals surface area contributed by atoms with Crippen LogP contribution in [0.1, 0.15) is 12.5 Å². The number of nitrogens with zero attached hydrogens (tertiary/aromatic N) is 3. The van der Waals surface area contributed by atoms with Gasteiger partial charge in [-0.15, -0.1) is 0 Å². The van der Waals surface area contributed by atoms with Gasteiger partial charge >= 0.3 is 0 Å². The molecule has 4 rings (SSSR count). The minimum atomic E-state index is -1.13. The van der Waals surface area contributed by atoms with Crippen molar-refractivity contribution < 1.29 is 18.6 Å². The molecule has 0 N–H and O–H groups in total. The van der Waals surface area contributed by atoms with E-state index in [9.17, 15) is 4.39 Å². The highest BCUT2D eigenvalue weighted by molar-refractivity contribution is 6.30. The van der Waals surface area contributed by atoms with Crippen molar-refractivity contribution in [1.82, 2.24) is 14.8 Å². The Morgan fingerprint density at radius 1 is 1.30 bits per heavy atom. The van der Waals surface area contributed by atoms with Crippen LogP contribution in [0.4, 0.5) is 4.39 Å². The standard InChI is InChI=1S/C19H17ClFN3O3/c1-13-9-25-19(27-13,10-24-12-22-11-23-24)14-2-7-18(17(21)8-14)26-16-5-3-15(20)4-6-16/h2-8,11-13H,9-10H2,1H3. The lowest BCUT2D eigenvalue weighted by Crippen LogP contribution is -2.33. The Morgan fingerprint density at radius 3 is 2.74 bits per heavy atom. The zero-order chi connectivity index (χ0) is 18.9. The molecule has 8 heteroatoms. The van der Waals surface area contributed by atoms with E-state index in [0.717, 1.165) is 0 Å². The van der Waals surface area contributed by atoms with Crippen LogP contribution in [0, 0.1) is 5.82 Å². The van der Waals surface area contributed by atoms with E-state index in [0.29, 0.717) is 22.9 Å². The fourth-order valence-corrected chi connectivity index (χ4v) is 3.07. The second-order valence-corrected chi connectivity index (χ2v) is 6.72. The Bertz CT molecular complexity index is 920. The second kappa shape index (κ2) is 7.26. The highest BCUT2D eigenvalue weighted by Gasteiger charge is 2.43. The predicted octanol–water partition coefficient (Wildman–Crippen LogP) is 4.15. The molecule has 2 aromatic carbocycles. The minimum absolute atomic E-state index is 0.100. The van der Waals surface area contributed by atoms with Crippen LogP contribution in [-0.2, 0) is 21.8 Å². The van der Waals surface area contributed by atoms with Crippen LogP contribution in [0.5, 0.6) is 11.5 Å². The average Bonchev–Trinajstić information content (AvgIpc) is 3.29. The van der Waals surface area contributed by atoms with E-state index in [1.807, 2.05) is 6.92 Å². The third-order valence-corrected chi connectivity index (χ3v) is 4.44. The Morgan fingerprint density at radius 2 is 2.11 bits per heavy atom. The SMILES string of the molecule is CC1COC(Cn2cncn2)(c2ccc(Oc3ccc(Cl)cc3)c(F)c2)O1. The van der Waals surface area contributed by atoms with Gasteiger partial charge in [-0.3, -0.25) is 0 Å². The first-order chi connectivity index (χ1) is 13.0. The number of benzene rings is 2. The van der Waals surface area contributed by atoms with Crippen LogP contribution >= 0.6 is 11.6 Å². The molecule has 0 aliphatic carbocycles. The van der Waals surface area contributed by atoms with Gasteiger partial charge in [0.05, 0.1) is 12.7 Å². The monoisotopic (exact) mass is 389 g/mol. The van der Waals surface area contributed by atoms with Gasteiger partial charge in [0.2, 0.25) is 5.79 Å². The molecule has 1 aliphatic heterocycles. The smallest absolute Gasteiger partial charge is 0.215 e. The number of halogens is 2. The second-order valence-electron chi connectivity index (χ2n) is 6.29. The van der Waals surface area contributed by atoms with Crippen LogP contribution in [0.15, 0.2) is 55.1 Å². The topological polar surface area (TPSA) is 58.4 Å². The van der Waals surface area contributed by atoms with Crippen molar-refractivity contribution in [1.29, 1.82) is 0 Å². The average molecular weight is 390 g/mol. The van der Waals surface area contributed by atoms with E-state index < -0.39 is 11.6 Å². The first kappa shape index (κ1) is 17.9. The predicted molar refractivity (Wildman–Crippen MR) is 96.1 cm³/mol. The van der Waals surface area contributed by atoms with Crippen molar-refractivity contribution >= 4 is 11.6 Å². The van der Waals surface area contributed by atoms with Gasteiger partial charge in [0.15, 0.2) is 11.6 Å². The fourth-order valence-electron chi connectivity index (χ4n) is 2.95. The maximum absolute atomic E-state index is 14.7.